The summed E-state index contributed by atoms with van der Waals surface area (Å²) in [5.74, 6) is -2.34. The van der Waals surface area contributed by atoms with Crippen LogP contribution in [0.4, 0.5) is 0 Å². The van der Waals surface area contributed by atoms with Crippen LogP contribution in [0.3, 0.4) is 0 Å². The zero-order chi connectivity index (χ0) is 40.9. The van der Waals surface area contributed by atoms with E-state index in [1.165, 1.54) is 14.2 Å². The number of rotatable bonds is 22. The monoisotopic (exact) mass is 759 g/mol. The van der Waals surface area contributed by atoms with E-state index in [2.05, 4.69) is 19.2 Å². The van der Waals surface area contributed by atoms with E-state index in [1.807, 2.05) is 77.0 Å². The Labute approximate surface area is 325 Å². The standard InChI is InChI=1S/C42H70N4O8/c1-14-28(6)38(45(10)41(50)31(26(2)3)24-34(47)37(27(4)5)44(8)9)35(52-11)25-36(48)46-22-18-21-33(46)39(53-12)29(7)40(49)43-32(42(51)54-13)23-30-19-16-15-17-20-30/h15-17,19-20,26-29,31-33,35,37-39H,14,18,21-25H2,1-13H3,(H,43,49). The molecule has 0 aromatic heterocycles. The van der Waals surface area contributed by atoms with Crippen molar-refractivity contribution in [1.29, 1.82) is 0 Å². The number of esters is 1. The number of hydrogen-bond acceptors (Lipinski definition) is 9. The van der Waals surface area contributed by atoms with Crippen LogP contribution in [0.25, 0.3) is 0 Å². The Kier molecular flexibility index (Phi) is 19.3. The number of ether oxygens (including phenoxy) is 3. The van der Waals surface area contributed by atoms with E-state index < -0.39 is 42.1 Å². The van der Waals surface area contributed by atoms with E-state index in [1.54, 1.807) is 30.9 Å². The zero-order valence-electron chi connectivity index (χ0n) is 35.3. The number of nitrogens with one attached hydrogen (secondary N) is 1. The van der Waals surface area contributed by atoms with Gasteiger partial charge in [-0.1, -0.05) is 85.2 Å². The van der Waals surface area contributed by atoms with Gasteiger partial charge in [-0.2, -0.15) is 0 Å². The van der Waals surface area contributed by atoms with Crippen LogP contribution in [-0.2, 0) is 44.6 Å². The van der Waals surface area contributed by atoms with E-state index >= 15 is 0 Å². The second kappa shape index (κ2) is 22.3. The van der Waals surface area contributed by atoms with Gasteiger partial charge >= 0.3 is 5.97 Å². The summed E-state index contributed by atoms with van der Waals surface area (Å²) < 4.78 is 17.0. The fourth-order valence-corrected chi connectivity index (χ4v) is 8.26. The molecule has 1 heterocycles. The summed E-state index contributed by atoms with van der Waals surface area (Å²) in [6, 6.07) is 7.41. The predicted molar refractivity (Wildman–Crippen MR) is 210 cm³/mol. The molecule has 1 aromatic rings. The van der Waals surface area contributed by atoms with Crippen molar-refractivity contribution in [2.45, 2.75) is 123 Å². The topological polar surface area (TPSA) is 135 Å². The van der Waals surface area contributed by atoms with Gasteiger partial charge in [-0.15, -0.1) is 0 Å². The number of benzene rings is 1. The molecular formula is C42H70N4O8. The number of carbonyl (C=O) groups is 5. The largest absolute Gasteiger partial charge is 0.467 e. The van der Waals surface area contributed by atoms with Gasteiger partial charge in [0.25, 0.3) is 0 Å². The number of ketones is 1. The zero-order valence-corrected chi connectivity index (χ0v) is 35.3. The van der Waals surface area contributed by atoms with E-state index in [-0.39, 0.29) is 72.6 Å². The lowest BCUT2D eigenvalue weighted by Crippen LogP contribution is -2.55. The Morgan fingerprint density at radius 2 is 1.52 bits per heavy atom. The third-order valence-electron chi connectivity index (χ3n) is 11.4. The van der Waals surface area contributed by atoms with Crippen molar-refractivity contribution in [3.8, 4) is 0 Å². The summed E-state index contributed by atoms with van der Waals surface area (Å²) in [7, 11) is 9.94. The van der Waals surface area contributed by atoms with E-state index in [0.717, 1.165) is 18.4 Å². The summed E-state index contributed by atoms with van der Waals surface area (Å²) in [4.78, 5) is 73.8. The van der Waals surface area contributed by atoms with Gasteiger partial charge in [0.15, 0.2) is 5.78 Å². The number of hydrogen-bond donors (Lipinski definition) is 1. The van der Waals surface area contributed by atoms with Gasteiger partial charge in [-0.3, -0.25) is 24.1 Å². The normalized spacial score (nSPS) is 19.1. The highest BCUT2D eigenvalue weighted by Crippen LogP contribution is 2.31. The molecule has 9 atom stereocenters. The summed E-state index contributed by atoms with van der Waals surface area (Å²) in [5, 5.41) is 2.86. The maximum atomic E-state index is 14.3. The highest BCUT2D eigenvalue weighted by molar-refractivity contribution is 5.90. The Bertz CT molecular complexity index is 1350. The maximum Gasteiger partial charge on any atom is 0.328 e. The summed E-state index contributed by atoms with van der Waals surface area (Å²) in [6.07, 6.45) is 1.32. The molecule has 1 saturated heterocycles. The van der Waals surface area contributed by atoms with Crippen LogP contribution in [0.5, 0.6) is 0 Å². The molecule has 54 heavy (non-hydrogen) atoms. The maximum absolute atomic E-state index is 14.3. The lowest BCUT2D eigenvalue weighted by molar-refractivity contribution is -0.150. The Hall–Kier alpha value is -3.35. The second-order valence-corrected chi connectivity index (χ2v) is 16.0. The van der Waals surface area contributed by atoms with Crippen LogP contribution >= 0.6 is 0 Å². The van der Waals surface area contributed by atoms with Crippen molar-refractivity contribution in [1.82, 2.24) is 20.0 Å². The quantitative estimate of drug-likeness (QED) is 0.168. The summed E-state index contributed by atoms with van der Waals surface area (Å²) in [6.45, 7) is 14.3. The molecule has 0 radical (unpaired) electrons. The predicted octanol–water partition coefficient (Wildman–Crippen LogP) is 4.62. The molecule has 306 valence electrons. The molecule has 12 heteroatoms. The third-order valence-corrected chi connectivity index (χ3v) is 11.4. The molecule has 9 unspecified atom stereocenters. The molecule has 12 nitrogen and oxygen atoms in total. The van der Waals surface area contributed by atoms with E-state index in [4.69, 9.17) is 14.2 Å². The lowest BCUT2D eigenvalue weighted by atomic mass is 9.83. The first kappa shape index (κ1) is 46.8. The minimum absolute atomic E-state index is 0.00568. The number of carbonyl (C=O) groups excluding carboxylic acids is 5. The minimum Gasteiger partial charge on any atom is -0.467 e. The lowest BCUT2D eigenvalue weighted by Gasteiger charge is -2.41. The Morgan fingerprint density at radius 1 is 0.889 bits per heavy atom. The van der Waals surface area contributed by atoms with Crippen LogP contribution in [-0.4, -0.2) is 130 Å². The number of likely N-dealkylation sites (tertiary alicyclic amines) is 1. The van der Waals surface area contributed by atoms with Gasteiger partial charge in [0.2, 0.25) is 17.7 Å². The smallest absolute Gasteiger partial charge is 0.328 e. The number of methoxy groups -OCH3 is 3. The van der Waals surface area contributed by atoms with Crippen LogP contribution < -0.4 is 5.32 Å². The molecular weight excluding hydrogens is 688 g/mol. The van der Waals surface area contributed by atoms with E-state index in [9.17, 15) is 24.0 Å². The van der Waals surface area contributed by atoms with Gasteiger partial charge in [-0.25, -0.2) is 4.79 Å². The molecule has 2 rings (SSSR count). The minimum atomic E-state index is -0.885. The van der Waals surface area contributed by atoms with Crippen molar-refractivity contribution in [2.75, 3.05) is 49.0 Å². The van der Waals surface area contributed by atoms with Crippen LogP contribution in [0.2, 0.25) is 0 Å². The van der Waals surface area contributed by atoms with Crippen molar-refractivity contribution in [2.24, 2.45) is 29.6 Å². The van der Waals surface area contributed by atoms with Gasteiger partial charge in [-0.05, 0) is 50.3 Å². The first-order valence-electron chi connectivity index (χ1n) is 19.7. The van der Waals surface area contributed by atoms with Crippen molar-refractivity contribution >= 4 is 29.5 Å². The molecule has 0 spiro atoms. The molecule has 0 bridgehead atoms. The van der Waals surface area contributed by atoms with Gasteiger partial charge in [0.1, 0.15) is 6.04 Å². The first-order valence-corrected chi connectivity index (χ1v) is 19.7. The molecule has 3 amide bonds. The third kappa shape index (κ3) is 12.3. The number of amides is 3. The average Bonchev–Trinajstić information content (AvgIpc) is 3.62. The molecule has 0 aliphatic carbocycles. The first-order chi connectivity index (χ1) is 25.4. The van der Waals surface area contributed by atoms with Crippen molar-refractivity contribution in [3.63, 3.8) is 0 Å². The van der Waals surface area contributed by atoms with Crippen LogP contribution in [0.1, 0.15) is 86.1 Å². The molecule has 1 fully saturated rings. The number of likely N-dealkylation sites (N-methyl/N-ethyl adjacent to an activating group) is 2. The van der Waals surface area contributed by atoms with Crippen molar-refractivity contribution < 1.29 is 38.2 Å². The highest BCUT2D eigenvalue weighted by atomic mass is 16.5. The number of nitrogens with zero attached hydrogens (tertiary/aromatic N) is 3. The Balaban J connectivity index is 2.29. The molecule has 1 aromatic carbocycles. The fourth-order valence-electron chi connectivity index (χ4n) is 8.26. The molecule has 1 aliphatic heterocycles. The number of Topliss-reactive ketones (excluding diaryl/α,β-unsaturated/α-hetero) is 1. The summed E-state index contributed by atoms with van der Waals surface area (Å²) in [5.41, 5.74) is 0.879. The van der Waals surface area contributed by atoms with Gasteiger partial charge in [0, 0.05) is 46.6 Å². The average molecular weight is 759 g/mol. The molecule has 1 aliphatic rings. The van der Waals surface area contributed by atoms with E-state index in [0.29, 0.717) is 13.0 Å². The Morgan fingerprint density at radius 3 is 2.02 bits per heavy atom. The van der Waals surface area contributed by atoms with Gasteiger partial charge < -0.3 is 29.3 Å². The highest BCUT2D eigenvalue weighted by Gasteiger charge is 2.43. The van der Waals surface area contributed by atoms with Crippen LogP contribution in [0, 0.1) is 29.6 Å². The molecule has 1 N–H and O–H groups in total. The fraction of sp³-hybridized carbons (Fsp3) is 0.738. The SMILES string of the molecule is CCC(C)C(C(CC(=O)N1CCCC1C(OC)C(C)C(=O)NC(Cc1ccccc1)C(=O)OC)OC)N(C)C(=O)C(CC(=O)C(C(C)C)N(C)C)C(C)C. The van der Waals surface area contributed by atoms with Crippen LogP contribution in [0.15, 0.2) is 30.3 Å². The van der Waals surface area contributed by atoms with Gasteiger partial charge in [0.05, 0.1) is 49.8 Å². The van der Waals surface area contributed by atoms with Crippen molar-refractivity contribution in [3.05, 3.63) is 35.9 Å². The molecule has 0 saturated carbocycles. The summed E-state index contributed by atoms with van der Waals surface area (Å²) >= 11 is 0. The second-order valence-electron chi connectivity index (χ2n) is 16.0.